The summed E-state index contributed by atoms with van der Waals surface area (Å²) >= 11 is 5.87. The number of benzene rings is 1. The molecular formula is C25H31ClFN5O2. The van der Waals surface area contributed by atoms with Crippen LogP contribution in [0.1, 0.15) is 37.7 Å². The minimum Gasteiger partial charge on any atom is -0.493 e. The number of rotatable bonds is 8. The van der Waals surface area contributed by atoms with E-state index >= 15 is 0 Å². The molecule has 0 radical (unpaired) electrons. The second-order valence-corrected chi connectivity index (χ2v) is 9.99. The number of nitrogens with zero attached hydrogens (tertiary/aromatic N) is 4. The minimum atomic E-state index is -0.369. The molecular weight excluding hydrogens is 457 g/mol. The zero-order valence-corrected chi connectivity index (χ0v) is 20.0. The lowest BCUT2D eigenvalue weighted by atomic mass is 9.88. The van der Waals surface area contributed by atoms with Crippen molar-refractivity contribution >= 4 is 23.5 Å². The molecule has 2 unspecified atom stereocenters. The Kier molecular flexibility index (Phi) is 7.15. The van der Waals surface area contributed by atoms with Crippen LogP contribution in [-0.2, 0) is 11.2 Å². The standard InChI is InChI=1S/C25H31ClFN5O2/c26-19-13-29-25(30-14-19)31-7-5-17(6-8-31)2-1-9-34-22-4-3-18(23(27)12-22)10-24(33)32-20-11-21(32)16-28-15-20/h3-4,12-14,17,20-21,28H,1-2,5-11,15-16H2. The fourth-order valence-corrected chi connectivity index (χ4v) is 5.45. The summed E-state index contributed by atoms with van der Waals surface area (Å²) in [6.07, 6.45) is 8.64. The van der Waals surface area contributed by atoms with E-state index in [1.807, 2.05) is 4.90 Å². The van der Waals surface area contributed by atoms with E-state index < -0.39 is 0 Å². The third-order valence-corrected chi connectivity index (χ3v) is 7.47. The van der Waals surface area contributed by atoms with Crippen LogP contribution in [0.4, 0.5) is 10.3 Å². The minimum absolute atomic E-state index is 0.0176. The number of piperidine rings is 2. The monoisotopic (exact) mass is 487 g/mol. The molecule has 1 aromatic carbocycles. The van der Waals surface area contributed by atoms with Crippen molar-refractivity contribution in [1.82, 2.24) is 20.2 Å². The van der Waals surface area contributed by atoms with Gasteiger partial charge in [0.15, 0.2) is 0 Å². The summed E-state index contributed by atoms with van der Waals surface area (Å²) in [5.41, 5.74) is 0.437. The highest BCUT2D eigenvalue weighted by molar-refractivity contribution is 6.30. The van der Waals surface area contributed by atoms with Gasteiger partial charge in [0, 0.05) is 44.3 Å². The molecule has 1 aromatic heterocycles. The Hall–Kier alpha value is -2.45. The first kappa shape index (κ1) is 23.3. The van der Waals surface area contributed by atoms with Crippen molar-refractivity contribution in [3.05, 3.63) is 47.0 Å². The van der Waals surface area contributed by atoms with Gasteiger partial charge in [-0.1, -0.05) is 17.7 Å². The van der Waals surface area contributed by atoms with Crippen molar-refractivity contribution in [2.24, 2.45) is 5.92 Å². The molecule has 2 aromatic rings. The number of nitrogens with one attached hydrogen (secondary N) is 1. The van der Waals surface area contributed by atoms with Gasteiger partial charge in [0.1, 0.15) is 11.6 Å². The summed E-state index contributed by atoms with van der Waals surface area (Å²) in [4.78, 5) is 25.3. The number of anilines is 1. The SMILES string of the molecule is O=C(Cc1ccc(OCCCC2CCN(c3ncc(Cl)cn3)CC2)cc1F)N1C2CNCC1C2. The summed E-state index contributed by atoms with van der Waals surface area (Å²) in [5, 5.41) is 3.86. The molecule has 2 bridgehead atoms. The molecule has 3 fully saturated rings. The highest BCUT2D eigenvalue weighted by atomic mass is 35.5. The van der Waals surface area contributed by atoms with Crippen molar-refractivity contribution in [1.29, 1.82) is 0 Å². The number of hydrogen-bond donors (Lipinski definition) is 1. The second kappa shape index (κ2) is 10.4. The lowest BCUT2D eigenvalue weighted by Gasteiger charge is -2.53. The first-order chi connectivity index (χ1) is 16.6. The van der Waals surface area contributed by atoms with Gasteiger partial charge >= 0.3 is 0 Å². The normalized spacial score (nSPS) is 22.4. The van der Waals surface area contributed by atoms with Crippen molar-refractivity contribution < 1.29 is 13.9 Å². The van der Waals surface area contributed by atoms with Crippen LogP contribution >= 0.6 is 11.6 Å². The van der Waals surface area contributed by atoms with E-state index in [0.29, 0.717) is 28.9 Å². The van der Waals surface area contributed by atoms with Crippen LogP contribution in [0.5, 0.6) is 5.75 Å². The van der Waals surface area contributed by atoms with E-state index in [9.17, 15) is 9.18 Å². The first-order valence-corrected chi connectivity index (χ1v) is 12.6. The van der Waals surface area contributed by atoms with Crippen molar-refractivity contribution in [3.63, 3.8) is 0 Å². The zero-order chi connectivity index (χ0) is 23.5. The predicted octanol–water partition coefficient (Wildman–Crippen LogP) is 3.46. The maximum Gasteiger partial charge on any atom is 0.227 e. The zero-order valence-electron chi connectivity index (χ0n) is 19.3. The number of carbonyl (C=O) groups excluding carboxylic acids is 1. The number of hydrogen-bond acceptors (Lipinski definition) is 6. The van der Waals surface area contributed by atoms with Gasteiger partial charge < -0.3 is 19.9 Å². The first-order valence-electron chi connectivity index (χ1n) is 12.2. The predicted molar refractivity (Wildman–Crippen MR) is 129 cm³/mol. The second-order valence-electron chi connectivity index (χ2n) is 9.55. The highest BCUT2D eigenvalue weighted by Crippen LogP contribution is 2.30. The summed E-state index contributed by atoms with van der Waals surface area (Å²) in [6, 6.07) is 5.41. The molecule has 0 spiro atoms. The fourth-order valence-electron chi connectivity index (χ4n) is 5.36. The van der Waals surface area contributed by atoms with Crippen LogP contribution in [0.15, 0.2) is 30.6 Å². The van der Waals surface area contributed by atoms with Crippen LogP contribution in [0.3, 0.4) is 0 Å². The van der Waals surface area contributed by atoms with E-state index in [2.05, 4.69) is 20.2 Å². The number of halogens is 2. The summed E-state index contributed by atoms with van der Waals surface area (Å²) in [7, 11) is 0. The molecule has 3 aliphatic heterocycles. The molecule has 0 saturated carbocycles. The molecule has 3 saturated heterocycles. The van der Waals surface area contributed by atoms with Gasteiger partial charge in [0.25, 0.3) is 0 Å². The van der Waals surface area contributed by atoms with Crippen LogP contribution in [0.2, 0.25) is 5.02 Å². The lowest BCUT2D eigenvalue weighted by molar-refractivity contribution is -0.146. The number of amides is 1. The largest absolute Gasteiger partial charge is 0.493 e. The molecule has 1 N–H and O–H groups in total. The van der Waals surface area contributed by atoms with Crippen LogP contribution in [0.25, 0.3) is 0 Å². The number of fused-ring (bicyclic) bond motifs is 2. The van der Waals surface area contributed by atoms with E-state index in [0.717, 1.165) is 64.2 Å². The fraction of sp³-hybridized carbons (Fsp3) is 0.560. The van der Waals surface area contributed by atoms with E-state index in [4.69, 9.17) is 16.3 Å². The Balaban J connectivity index is 1.02. The molecule has 1 amide bonds. The topological polar surface area (TPSA) is 70.6 Å². The van der Waals surface area contributed by atoms with Crippen molar-refractivity contribution in [3.8, 4) is 5.75 Å². The van der Waals surface area contributed by atoms with Gasteiger partial charge in [-0.3, -0.25) is 4.79 Å². The van der Waals surface area contributed by atoms with Crippen molar-refractivity contribution in [2.45, 2.75) is 50.6 Å². The van der Waals surface area contributed by atoms with Crippen LogP contribution in [-0.4, -0.2) is 65.6 Å². The molecule has 0 aliphatic carbocycles. The van der Waals surface area contributed by atoms with E-state index in [1.165, 1.54) is 6.07 Å². The van der Waals surface area contributed by atoms with Gasteiger partial charge in [-0.15, -0.1) is 0 Å². The van der Waals surface area contributed by atoms with Crippen LogP contribution in [0, 0.1) is 11.7 Å². The summed E-state index contributed by atoms with van der Waals surface area (Å²) < 4.78 is 20.4. The van der Waals surface area contributed by atoms with Gasteiger partial charge in [0.05, 0.1) is 30.4 Å². The molecule has 34 heavy (non-hydrogen) atoms. The Labute approximate surface area is 204 Å². The average Bonchev–Trinajstić information content (AvgIpc) is 2.85. The maximum atomic E-state index is 14.6. The van der Waals surface area contributed by atoms with Gasteiger partial charge in [0.2, 0.25) is 11.9 Å². The molecule has 4 heterocycles. The van der Waals surface area contributed by atoms with Gasteiger partial charge in [-0.2, -0.15) is 0 Å². The Morgan fingerprint density at radius 3 is 2.59 bits per heavy atom. The van der Waals surface area contributed by atoms with E-state index in [-0.39, 0.29) is 30.2 Å². The Morgan fingerprint density at radius 2 is 1.91 bits per heavy atom. The summed E-state index contributed by atoms with van der Waals surface area (Å²) in [5.74, 6) is 1.56. The molecule has 7 nitrogen and oxygen atoms in total. The van der Waals surface area contributed by atoms with E-state index in [1.54, 1.807) is 24.5 Å². The molecule has 9 heteroatoms. The highest BCUT2D eigenvalue weighted by Gasteiger charge is 2.43. The quantitative estimate of drug-likeness (QED) is 0.575. The van der Waals surface area contributed by atoms with Gasteiger partial charge in [-0.25, -0.2) is 14.4 Å². The van der Waals surface area contributed by atoms with Gasteiger partial charge in [-0.05, 0) is 49.7 Å². The number of ether oxygens (including phenoxy) is 1. The molecule has 2 atom stereocenters. The van der Waals surface area contributed by atoms with Crippen molar-refractivity contribution in [2.75, 3.05) is 37.7 Å². The lowest BCUT2D eigenvalue weighted by Crippen LogP contribution is -2.69. The smallest absolute Gasteiger partial charge is 0.227 e. The third-order valence-electron chi connectivity index (χ3n) is 7.27. The Morgan fingerprint density at radius 1 is 1.18 bits per heavy atom. The molecule has 182 valence electrons. The molecule has 5 rings (SSSR count). The third kappa shape index (κ3) is 5.28. The average molecular weight is 488 g/mol. The maximum absolute atomic E-state index is 14.6. The van der Waals surface area contributed by atoms with Crippen LogP contribution < -0.4 is 15.0 Å². The number of aromatic nitrogens is 2. The Bertz CT molecular complexity index is 985. The number of carbonyl (C=O) groups is 1. The molecule has 3 aliphatic rings. The summed E-state index contributed by atoms with van der Waals surface area (Å²) in [6.45, 7) is 4.12. The number of piperazine rings is 1.